The van der Waals surface area contributed by atoms with Gasteiger partial charge in [0.15, 0.2) is 0 Å². The maximum Gasteiger partial charge on any atom is 0.600 e. The molecule has 2 atom stereocenters. The van der Waals surface area contributed by atoms with E-state index in [0.717, 1.165) is 0 Å². The molecule has 0 N–H and O–H groups in total. The van der Waals surface area contributed by atoms with Gasteiger partial charge >= 0.3 is 19.3 Å². The fourth-order valence-electron chi connectivity index (χ4n) is 2.04. The highest BCUT2D eigenvalue weighted by molar-refractivity contribution is 6.50. The zero-order valence-electron chi connectivity index (χ0n) is 9.87. The highest BCUT2D eigenvalue weighted by atomic mass is 19.4. The van der Waals surface area contributed by atoms with Crippen LogP contribution in [0.25, 0.3) is 0 Å². The Morgan fingerprint density at radius 1 is 1.39 bits per heavy atom. The van der Waals surface area contributed by atoms with Crippen molar-refractivity contribution >= 4 is 13.1 Å². The van der Waals surface area contributed by atoms with Crippen molar-refractivity contribution in [2.24, 2.45) is 5.92 Å². The Bertz CT molecular complexity index is 354. The lowest BCUT2D eigenvalue weighted by Gasteiger charge is -2.25. The molecule has 0 spiro atoms. The number of halogens is 3. The Labute approximate surface area is 103 Å². The lowest BCUT2D eigenvalue weighted by molar-refractivity contribution is -0.149. The van der Waals surface area contributed by atoms with E-state index in [1.54, 1.807) is 11.9 Å². The number of alkyl halides is 3. The SMILES string of the molecule is C=C1CN(C)CC(=O)OB(C2C[C@@H]2C(F)(F)F)O1. The first-order chi connectivity index (χ1) is 8.27. The Kier molecular flexibility index (Phi) is 3.31. The summed E-state index contributed by atoms with van der Waals surface area (Å²) in [4.78, 5) is 13.0. The normalized spacial score (nSPS) is 30.3. The molecule has 2 rings (SSSR count). The van der Waals surface area contributed by atoms with Gasteiger partial charge in [-0.2, -0.15) is 13.2 Å². The van der Waals surface area contributed by atoms with E-state index in [1.807, 2.05) is 0 Å². The molecule has 1 saturated heterocycles. The van der Waals surface area contributed by atoms with E-state index in [2.05, 4.69) is 6.58 Å². The van der Waals surface area contributed by atoms with E-state index >= 15 is 0 Å². The summed E-state index contributed by atoms with van der Waals surface area (Å²) < 4.78 is 47.5. The van der Waals surface area contributed by atoms with Gasteiger partial charge in [0.2, 0.25) is 0 Å². The standard InChI is InChI=1S/C10H13BF3NO3/c1-6-4-15(2)5-9(16)18-11(17-6)8-3-7(8)10(12,13)14/h7-8H,1,3-5H2,2H3/t7-,8?/m0/s1. The van der Waals surface area contributed by atoms with Crippen molar-refractivity contribution in [3.63, 3.8) is 0 Å². The smallest absolute Gasteiger partial charge is 0.528 e. The fourth-order valence-corrected chi connectivity index (χ4v) is 2.04. The number of likely N-dealkylation sites (N-methyl/N-ethyl adjacent to an activating group) is 1. The minimum Gasteiger partial charge on any atom is -0.528 e. The molecule has 1 aliphatic carbocycles. The van der Waals surface area contributed by atoms with Gasteiger partial charge in [0.05, 0.1) is 24.8 Å². The van der Waals surface area contributed by atoms with E-state index in [-0.39, 0.29) is 13.0 Å². The molecule has 1 saturated carbocycles. The summed E-state index contributed by atoms with van der Waals surface area (Å²) in [6, 6.07) is 0. The van der Waals surface area contributed by atoms with Gasteiger partial charge in [-0.25, -0.2) is 0 Å². The van der Waals surface area contributed by atoms with Crippen LogP contribution in [0.2, 0.25) is 5.82 Å². The Morgan fingerprint density at radius 3 is 2.61 bits per heavy atom. The molecule has 2 fully saturated rings. The molecule has 18 heavy (non-hydrogen) atoms. The molecular formula is C10H13BF3NO3. The van der Waals surface area contributed by atoms with E-state index in [4.69, 9.17) is 9.31 Å². The minimum absolute atomic E-state index is 0.0162. The molecule has 2 aliphatic rings. The second-order valence-electron chi connectivity index (χ2n) is 4.73. The Hall–Kier alpha value is -1.18. The van der Waals surface area contributed by atoms with Crippen LogP contribution in [0.5, 0.6) is 0 Å². The second kappa shape index (κ2) is 4.49. The Balaban J connectivity index is 2.00. The first kappa shape index (κ1) is 13.3. The number of hydrogen-bond acceptors (Lipinski definition) is 4. The van der Waals surface area contributed by atoms with Crippen LogP contribution in [0.1, 0.15) is 6.42 Å². The molecular weight excluding hydrogens is 250 g/mol. The molecule has 0 amide bonds. The molecule has 1 aliphatic heterocycles. The van der Waals surface area contributed by atoms with Crippen molar-refractivity contribution in [3.8, 4) is 0 Å². The predicted octanol–water partition coefficient (Wildman–Crippen LogP) is 1.45. The van der Waals surface area contributed by atoms with Gasteiger partial charge in [-0.1, -0.05) is 6.58 Å². The molecule has 0 aromatic carbocycles. The average Bonchev–Trinajstić information content (AvgIpc) is 2.91. The van der Waals surface area contributed by atoms with Gasteiger partial charge in [0.25, 0.3) is 0 Å². The van der Waals surface area contributed by atoms with Crippen LogP contribution in [0.3, 0.4) is 0 Å². The van der Waals surface area contributed by atoms with Crippen LogP contribution in [0, 0.1) is 5.92 Å². The largest absolute Gasteiger partial charge is 0.600 e. The molecule has 100 valence electrons. The van der Waals surface area contributed by atoms with Crippen LogP contribution < -0.4 is 0 Å². The molecule has 0 aromatic rings. The maximum absolute atomic E-state index is 12.5. The predicted molar refractivity (Wildman–Crippen MR) is 57.5 cm³/mol. The highest BCUT2D eigenvalue weighted by Crippen LogP contribution is 2.56. The van der Waals surface area contributed by atoms with Crippen molar-refractivity contribution in [2.75, 3.05) is 20.1 Å². The topological polar surface area (TPSA) is 38.8 Å². The lowest BCUT2D eigenvalue weighted by atomic mass is 9.79. The van der Waals surface area contributed by atoms with Crippen molar-refractivity contribution in [2.45, 2.75) is 18.4 Å². The molecule has 8 heteroatoms. The van der Waals surface area contributed by atoms with Crippen LogP contribution >= 0.6 is 0 Å². The van der Waals surface area contributed by atoms with E-state index in [1.165, 1.54) is 0 Å². The number of rotatable bonds is 1. The van der Waals surface area contributed by atoms with Crippen molar-refractivity contribution in [1.29, 1.82) is 0 Å². The van der Waals surface area contributed by atoms with Gasteiger partial charge < -0.3 is 9.31 Å². The molecule has 1 unspecified atom stereocenters. The first-order valence-electron chi connectivity index (χ1n) is 5.56. The fraction of sp³-hybridized carbons (Fsp3) is 0.700. The van der Waals surface area contributed by atoms with E-state index in [9.17, 15) is 18.0 Å². The summed E-state index contributed by atoms with van der Waals surface area (Å²) in [5, 5.41) is 0. The quantitative estimate of drug-likeness (QED) is 0.671. The molecule has 1 heterocycles. The highest BCUT2D eigenvalue weighted by Gasteiger charge is 2.63. The third-order valence-corrected chi connectivity index (χ3v) is 2.99. The van der Waals surface area contributed by atoms with Crippen LogP contribution in [-0.2, 0) is 14.1 Å². The Morgan fingerprint density at radius 2 is 2.06 bits per heavy atom. The molecule has 0 aromatic heterocycles. The summed E-state index contributed by atoms with van der Waals surface area (Å²) in [6.45, 7) is 3.92. The average molecular weight is 263 g/mol. The molecule has 0 radical (unpaired) electrons. The van der Waals surface area contributed by atoms with Crippen LogP contribution in [-0.4, -0.2) is 44.3 Å². The third kappa shape index (κ3) is 2.98. The number of carbonyl (C=O) groups is 1. The zero-order chi connectivity index (χ0) is 13.5. The summed E-state index contributed by atoms with van der Waals surface area (Å²) in [6.07, 6.45) is -4.33. The third-order valence-electron chi connectivity index (χ3n) is 2.99. The number of nitrogens with zero attached hydrogens (tertiary/aromatic N) is 1. The summed E-state index contributed by atoms with van der Waals surface area (Å²) >= 11 is 0. The van der Waals surface area contributed by atoms with E-state index < -0.39 is 31.0 Å². The summed E-state index contributed by atoms with van der Waals surface area (Å²) in [5.41, 5.74) is 0. The van der Waals surface area contributed by atoms with Crippen LogP contribution in [0.15, 0.2) is 12.3 Å². The van der Waals surface area contributed by atoms with E-state index in [0.29, 0.717) is 12.3 Å². The summed E-state index contributed by atoms with van der Waals surface area (Å²) in [5.74, 6) is -2.53. The minimum atomic E-state index is -4.26. The second-order valence-corrected chi connectivity index (χ2v) is 4.73. The summed E-state index contributed by atoms with van der Waals surface area (Å²) in [7, 11) is 0.511. The lowest BCUT2D eigenvalue weighted by Crippen LogP contribution is -2.39. The molecule has 4 nitrogen and oxygen atoms in total. The number of hydrogen-bond donors (Lipinski definition) is 0. The van der Waals surface area contributed by atoms with Gasteiger partial charge in [-0.05, 0) is 13.5 Å². The van der Waals surface area contributed by atoms with Crippen molar-refractivity contribution < 1.29 is 27.3 Å². The molecule has 0 bridgehead atoms. The van der Waals surface area contributed by atoms with Gasteiger partial charge in [-0.15, -0.1) is 0 Å². The van der Waals surface area contributed by atoms with Crippen molar-refractivity contribution in [3.05, 3.63) is 12.3 Å². The van der Waals surface area contributed by atoms with Gasteiger partial charge in [0, 0.05) is 5.82 Å². The first-order valence-corrected chi connectivity index (χ1v) is 5.56. The number of carbonyl (C=O) groups excluding carboxylic acids is 1. The van der Waals surface area contributed by atoms with Crippen LogP contribution in [0.4, 0.5) is 13.2 Å². The monoisotopic (exact) mass is 263 g/mol. The zero-order valence-corrected chi connectivity index (χ0v) is 9.87. The maximum atomic E-state index is 12.5. The van der Waals surface area contributed by atoms with Crippen molar-refractivity contribution in [1.82, 2.24) is 4.90 Å². The van der Waals surface area contributed by atoms with Gasteiger partial charge in [-0.3, -0.25) is 9.69 Å². The van der Waals surface area contributed by atoms with Gasteiger partial charge in [0.1, 0.15) is 0 Å².